The van der Waals surface area contributed by atoms with Crippen molar-refractivity contribution in [2.24, 2.45) is 0 Å². The Hall–Kier alpha value is -3.61. The molecule has 7 heteroatoms. The first-order valence-electron chi connectivity index (χ1n) is 8.52. The van der Waals surface area contributed by atoms with E-state index >= 15 is 0 Å². The number of hydrogen-bond acceptors (Lipinski definition) is 6. The Labute approximate surface area is 163 Å². The molecule has 0 bridgehead atoms. The van der Waals surface area contributed by atoms with Crippen LogP contribution in [0.1, 0.15) is 21.5 Å². The minimum atomic E-state index is -0.764. The van der Waals surface area contributed by atoms with Gasteiger partial charge in [0.15, 0.2) is 0 Å². The molecule has 2 N–H and O–H groups in total. The van der Waals surface area contributed by atoms with Gasteiger partial charge < -0.3 is 20.1 Å². The number of methoxy groups -OCH3 is 2. The van der Waals surface area contributed by atoms with Crippen LogP contribution in [0, 0.1) is 6.92 Å². The third kappa shape index (κ3) is 5.70. The van der Waals surface area contributed by atoms with Crippen molar-refractivity contribution in [1.29, 1.82) is 0 Å². The highest BCUT2D eigenvalue weighted by Gasteiger charge is 2.17. The van der Waals surface area contributed by atoms with Crippen LogP contribution in [-0.4, -0.2) is 32.1 Å². The van der Waals surface area contributed by atoms with Gasteiger partial charge in [-0.2, -0.15) is 0 Å². The molecule has 0 aromatic heterocycles. The highest BCUT2D eigenvalue weighted by Crippen LogP contribution is 2.18. The van der Waals surface area contributed by atoms with Gasteiger partial charge in [0.05, 0.1) is 31.5 Å². The van der Waals surface area contributed by atoms with Crippen molar-refractivity contribution >= 4 is 23.5 Å². The zero-order chi connectivity index (χ0) is 20.5. The van der Waals surface area contributed by atoms with Gasteiger partial charge in [-0.3, -0.25) is 4.79 Å². The second-order valence-electron chi connectivity index (χ2n) is 5.92. The van der Waals surface area contributed by atoms with Gasteiger partial charge in [0.2, 0.25) is 0 Å². The molecule has 2 aromatic carbocycles. The second-order valence-corrected chi connectivity index (χ2v) is 5.92. The zero-order valence-corrected chi connectivity index (χ0v) is 15.9. The van der Waals surface area contributed by atoms with Gasteiger partial charge >= 0.3 is 11.9 Å². The molecule has 0 radical (unpaired) electrons. The first-order chi connectivity index (χ1) is 13.4. The number of nitrogens with one attached hydrogen (secondary N) is 2. The third-order valence-electron chi connectivity index (χ3n) is 3.85. The van der Waals surface area contributed by atoms with E-state index in [2.05, 4.69) is 20.1 Å². The number of amides is 1. The summed E-state index contributed by atoms with van der Waals surface area (Å²) >= 11 is 0. The molecule has 2 aromatic rings. The lowest BCUT2D eigenvalue weighted by atomic mass is 10.1. The Morgan fingerprint density at radius 2 is 1.75 bits per heavy atom. The summed E-state index contributed by atoms with van der Waals surface area (Å²) < 4.78 is 9.21. The van der Waals surface area contributed by atoms with E-state index in [1.807, 2.05) is 31.2 Å². The van der Waals surface area contributed by atoms with Gasteiger partial charge in [-0.15, -0.1) is 0 Å². The Bertz CT molecular complexity index is 905. The van der Waals surface area contributed by atoms with Crippen molar-refractivity contribution in [3.63, 3.8) is 0 Å². The first-order valence-corrected chi connectivity index (χ1v) is 8.52. The Balaban J connectivity index is 2.20. The standard InChI is InChI=1S/C21H22N2O5/c1-14-7-6-8-15(11-14)13-22-20(25)16-9-4-5-10-17(16)23-18(21(26)28-3)12-19(24)27-2/h4-12,23H,13H2,1-3H3,(H,22,25)/b18-12+. The number of rotatable bonds is 7. The minimum Gasteiger partial charge on any atom is -0.466 e. The second kappa shape index (κ2) is 9.91. The summed E-state index contributed by atoms with van der Waals surface area (Å²) in [5.41, 5.74) is 2.59. The SMILES string of the molecule is COC(=O)/C=C(/Nc1ccccc1C(=O)NCc1cccc(C)c1)C(=O)OC. The number of hydrogen-bond donors (Lipinski definition) is 2. The highest BCUT2D eigenvalue weighted by molar-refractivity contribution is 6.03. The average molecular weight is 382 g/mol. The molecule has 0 aliphatic rings. The van der Waals surface area contributed by atoms with Crippen LogP contribution in [0.4, 0.5) is 5.69 Å². The number of benzene rings is 2. The fourth-order valence-corrected chi connectivity index (χ4v) is 2.47. The van der Waals surface area contributed by atoms with Gasteiger partial charge in [-0.1, -0.05) is 42.0 Å². The molecule has 0 saturated carbocycles. The summed E-state index contributed by atoms with van der Waals surface area (Å²) in [6.45, 7) is 2.34. The summed E-state index contributed by atoms with van der Waals surface area (Å²) in [4.78, 5) is 36.1. The Morgan fingerprint density at radius 1 is 1.00 bits per heavy atom. The monoisotopic (exact) mass is 382 g/mol. The molecule has 2 rings (SSSR count). The summed E-state index contributed by atoms with van der Waals surface area (Å²) in [6.07, 6.45) is 0.966. The van der Waals surface area contributed by atoms with E-state index in [4.69, 9.17) is 0 Å². The molecule has 0 saturated heterocycles. The number of carbonyl (C=O) groups is 3. The van der Waals surface area contributed by atoms with Crippen LogP contribution in [0.3, 0.4) is 0 Å². The summed E-state index contributed by atoms with van der Waals surface area (Å²) in [5, 5.41) is 5.62. The molecule has 0 aliphatic heterocycles. The van der Waals surface area contributed by atoms with Crippen molar-refractivity contribution < 1.29 is 23.9 Å². The molecule has 146 valence electrons. The number of para-hydroxylation sites is 1. The Kier molecular flexibility index (Phi) is 7.33. The predicted octanol–water partition coefficient (Wildman–Crippen LogP) is 2.57. The van der Waals surface area contributed by atoms with Crippen LogP contribution >= 0.6 is 0 Å². The maximum Gasteiger partial charge on any atom is 0.354 e. The van der Waals surface area contributed by atoms with Gasteiger partial charge in [0, 0.05) is 6.54 Å². The van der Waals surface area contributed by atoms with E-state index in [0.29, 0.717) is 17.8 Å². The summed E-state index contributed by atoms with van der Waals surface area (Å²) in [6, 6.07) is 14.4. The number of esters is 2. The van der Waals surface area contributed by atoms with Crippen molar-refractivity contribution in [1.82, 2.24) is 5.32 Å². The minimum absolute atomic E-state index is 0.145. The van der Waals surface area contributed by atoms with Gasteiger partial charge in [0.25, 0.3) is 5.91 Å². The lowest BCUT2D eigenvalue weighted by Gasteiger charge is -2.13. The summed E-state index contributed by atoms with van der Waals surface area (Å²) in [7, 11) is 2.38. The van der Waals surface area contributed by atoms with Crippen LogP contribution < -0.4 is 10.6 Å². The van der Waals surface area contributed by atoms with Crippen LogP contribution in [0.2, 0.25) is 0 Å². The smallest absolute Gasteiger partial charge is 0.354 e. The maximum absolute atomic E-state index is 12.6. The van der Waals surface area contributed by atoms with Gasteiger partial charge in [0.1, 0.15) is 5.70 Å². The van der Waals surface area contributed by atoms with Crippen molar-refractivity contribution in [3.05, 3.63) is 77.0 Å². The normalized spacial score (nSPS) is 10.8. The van der Waals surface area contributed by atoms with E-state index in [1.54, 1.807) is 24.3 Å². The third-order valence-corrected chi connectivity index (χ3v) is 3.85. The fraction of sp³-hybridized carbons (Fsp3) is 0.190. The number of carbonyl (C=O) groups excluding carboxylic acids is 3. The van der Waals surface area contributed by atoms with E-state index in [0.717, 1.165) is 17.2 Å². The van der Waals surface area contributed by atoms with Crippen molar-refractivity contribution in [2.75, 3.05) is 19.5 Å². The fourth-order valence-electron chi connectivity index (χ4n) is 2.47. The van der Waals surface area contributed by atoms with Crippen LogP contribution in [0.25, 0.3) is 0 Å². The van der Waals surface area contributed by atoms with Crippen LogP contribution in [0.15, 0.2) is 60.3 Å². The average Bonchev–Trinajstić information content (AvgIpc) is 2.71. The number of aryl methyl sites for hydroxylation is 1. The lowest BCUT2D eigenvalue weighted by Crippen LogP contribution is -2.24. The van der Waals surface area contributed by atoms with Crippen molar-refractivity contribution in [2.45, 2.75) is 13.5 Å². The molecule has 7 nitrogen and oxygen atoms in total. The van der Waals surface area contributed by atoms with Gasteiger partial charge in [-0.05, 0) is 24.6 Å². The largest absolute Gasteiger partial charge is 0.466 e. The lowest BCUT2D eigenvalue weighted by molar-refractivity contribution is -0.138. The highest BCUT2D eigenvalue weighted by atomic mass is 16.5. The molecular weight excluding hydrogens is 360 g/mol. The van der Waals surface area contributed by atoms with Crippen LogP contribution in [0.5, 0.6) is 0 Å². The summed E-state index contributed by atoms with van der Waals surface area (Å²) in [5.74, 6) is -1.82. The topological polar surface area (TPSA) is 93.7 Å². The van der Waals surface area contributed by atoms with E-state index in [9.17, 15) is 14.4 Å². The maximum atomic E-state index is 12.6. The molecule has 0 heterocycles. The quantitative estimate of drug-likeness (QED) is 0.565. The number of anilines is 1. The zero-order valence-electron chi connectivity index (χ0n) is 15.9. The van der Waals surface area contributed by atoms with E-state index in [1.165, 1.54) is 14.2 Å². The molecule has 0 unspecified atom stereocenters. The van der Waals surface area contributed by atoms with Crippen LogP contribution in [-0.2, 0) is 25.6 Å². The molecule has 0 fully saturated rings. The van der Waals surface area contributed by atoms with Crippen molar-refractivity contribution in [3.8, 4) is 0 Å². The van der Waals surface area contributed by atoms with E-state index in [-0.39, 0.29) is 11.6 Å². The molecule has 0 atom stereocenters. The number of ether oxygens (including phenoxy) is 2. The molecule has 0 aliphatic carbocycles. The predicted molar refractivity (Wildman–Crippen MR) is 105 cm³/mol. The molecular formula is C21H22N2O5. The molecule has 0 spiro atoms. The Morgan fingerprint density at radius 3 is 2.43 bits per heavy atom. The van der Waals surface area contributed by atoms with E-state index < -0.39 is 11.9 Å². The van der Waals surface area contributed by atoms with Gasteiger partial charge in [-0.25, -0.2) is 9.59 Å². The first kappa shape index (κ1) is 20.7. The molecule has 28 heavy (non-hydrogen) atoms. The molecule has 1 amide bonds.